The van der Waals surface area contributed by atoms with E-state index in [1.807, 2.05) is 0 Å². The monoisotopic (exact) mass is 289 g/mol. The number of nitrogens with two attached hydrogens (primary N) is 1. The van der Waals surface area contributed by atoms with Crippen LogP contribution in [0, 0.1) is 0 Å². The van der Waals surface area contributed by atoms with Gasteiger partial charge in [-0.2, -0.15) is 13.2 Å². The average molecular weight is 289 g/mol. The first-order valence-electron chi connectivity index (χ1n) is 6.03. The van der Waals surface area contributed by atoms with Crippen molar-refractivity contribution in [1.29, 1.82) is 0 Å². The summed E-state index contributed by atoms with van der Waals surface area (Å²) in [6.45, 7) is 0.251. The summed E-state index contributed by atoms with van der Waals surface area (Å²) in [5, 5.41) is 10.0. The van der Waals surface area contributed by atoms with E-state index in [1.165, 1.54) is 4.90 Å². The van der Waals surface area contributed by atoms with Crippen LogP contribution in [0.3, 0.4) is 0 Å². The first-order valence-corrected chi connectivity index (χ1v) is 6.03. The molecule has 20 heavy (non-hydrogen) atoms. The number of primary amides is 1. The lowest BCUT2D eigenvalue weighted by atomic mass is 9.92. The third kappa shape index (κ3) is 2.84. The van der Waals surface area contributed by atoms with E-state index in [9.17, 15) is 23.1 Å². The van der Waals surface area contributed by atoms with Crippen molar-refractivity contribution in [3.8, 4) is 0 Å². The number of hydrogen-bond donors (Lipinski definition) is 2. The first kappa shape index (κ1) is 14.6. The molecular weight excluding hydrogens is 275 g/mol. The van der Waals surface area contributed by atoms with Crippen molar-refractivity contribution < 1.29 is 23.1 Å². The Bertz CT molecular complexity index is 521. The standard InChI is InChI=1S/C12H14F3N3O2/c13-12(14,15)8-2-4-17-9(6-8)18-5-1-3-11(20,7-18)10(16)19/h2,4,6,20H,1,3,5,7H2,(H2,16,19)/t11-/m0/s1. The number of pyridine rings is 1. The highest BCUT2D eigenvalue weighted by Crippen LogP contribution is 2.32. The van der Waals surface area contributed by atoms with E-state index in [-0.39, 0.29) is 18.8 Å². The van der Waals surface area contributed by atoms with Gasteiger partial charge in [0.15, 0.2) is 5.60 Å². The smallest absolute Gasteiger partial charge is 0.378 e. The molecule has 2 heterocycles. The van der Waals surface area contributed by atoms with Crippen molar-refractivity contribution in [3.05, 3.63) is 23.9 Å². The number of hydrogen-bond acceptors (Lipinski definition) is 4. The molecule has 0 unspecified atom stereocenters. The Balaban J connectivity index is 2.26. The summed E-state index contributed by atoms with van der Waals surface area (Å²) in [4.78, 5) is 16.5. The molecule has 1 atom stereocenters. The lowest BCUT2D eigenvalue weighted by molar-refractivity contribution is -0.138. The summed E-state index contributed by atoms with van der Waals surface area (Å²) >= 11 is 0. The van der Waals surface area contributed by atoms with E-state index in [1.54, 1.807) is 0 Å². The average Bonchev–Trinajstić information content (AvgIpc) is 2.38. The van der Waals surface area contributed by atoms with Crippen molar-refractivity contribution in [2.75, 3.05) is 18.0 Å². The summed E-state index contributed by atoms with van der Waals surface area (Å²) < 4.78 is 37.9. The molecule has 1 fully saturated rings. The topological polar surface area (TPSA) is 79.5 Å². The third-order valence-electron chi connectivity index (χ3n) is 3.33. The largest absolute Gasteiger partial charge is 0.416 e. The van der Waals surface area contributed by atoms with Crippen LogP contribution in [0.25, 0.3) is 0 Å². The fourth-order valence-electron chi connectivity index (χ4n) is 2.20. The second-order valence-electron chi connectivity index (χ2n) is 4.82. The van der Waals surface area contributed by atoms with Gasteiger partial charge < -0.3 is 15.7 Å². The molecule has 3 N–H and O–H groups in total. The molecule has 0 bridgehead atoms. The van der Waals surface area contributed by atoms with Crippen LogP contribution in [0.15, 0.2) is 18.3 Å². The SMILES string of the molecule is NC(=O)[C@]1(O)CCCN(c2cc(C(F)(F)F)ccn2)C1. The van der Waals surface area contributed by atoms with E-state index in [4.69, 9.17) is 5.73 Å². The zero-order valence-electron chi connectivity index (χ0n) is 10.5. The zero-order valence-corrected chi connectivity index (χ0v) is 10.5. The van der Waals surface area contributed by atoms with Crippen LogP contribution in [0.5, 0.6) is 0 Å². The quantitative estimate of drug-likeness (QED) is 0.848. The van der Waals surface area contributed by atoms with Crippen LogP contribution in [0.1, 0.15) is 18.4 Å². The van der Waals surface area contributed by atoms with E-state index in [0.717, 1.165) is 18.3 Å². The molecule has 8 heteroatoms. The minimum Gasteiger partial charge on any atom is -0.378 e. The van der Waals surface area contributed by atoms with Gasteiger partial charge in [0.1, 0.15) is 5.82 Å². The van der Waals surface area contributed by atoms with E-state index in [2.05, 4.69) is 4.98 Å². The minimum absolute atomic E-state index is 0.0687. The molecule has 5 nitrogen and oxygen atoms in total. The molecule has 1 amide bonds. The van der Waals surface area contributed by atoms with Crippen molar-refractivity contribution in [2.24, 2.45) is 5.73 Å². The number of aromatic nitrogens is 1. The number of amides is 1. The lowest BCUT2D eigenvalue weighted by Crippen LogP contribution is -2.56. The van der Waals surface area contributed by atoms with Gasteiger partial charge >= 0.3 is 6.18 Å². The fourth-order valence-corrected chi connectivity index (χ4v) is 2.20. The molecule has 2 rings (SSSR count). The summed E-state index contributed by atoms with van der Waals surface area (Å²) in [5.41, 5.74) is 2.57. The predicted octanol–water partition coefficient (Wildman–Crippen LogP) is 0.917. The first-order chi connectivity index (χ1) is 9.22. The van der Waals surface area contributed by atoms with Crippen LogP contribution in [0.4, 0.5) is 19.0 Å². The highest BCUT2D eigenvalue weighted by molar-refractivity contribution is 5.84. The van der Waals surface area contributed by atoms with Gasteiger partial charge in [0.25, 0.3) is 5.91 Å². The maximum Gasteiger partial charge on any atom is 0.416 e. The number of carbonyl (C=O) groups is 1. The number of anilines is 1. The Hall–Kier alpha value is -1.83. The van der Waals surface area contributed by atoms with Crippen LogP contribution >= 0.6 is 0 Å². The highest BCUT2D eigenvalue weighted by Gasteiger charge is 2.39. The van der Waals surface area contributed by atoms with Gasteiger partial charge in [-0.15, -0.1) is 0 Å². The van der Waals surface area contributed by atoms with Gasteiger partial charge in [-0.1, -0.05) is 0 Å². The number of carbonyl (C=O) groups excluding carboxylic acids is 1. The molecule has 1 saturated heterocycles. The number of nitrogens with zero attached hydrogens (tertiary/aromatic N) is 2. The second-order valence-corrected chi connectivity index (χ2v) is 4.82. The zero-order chi connectivity index (χ0) is 15.0. The maximum absolute atomic E-state index is 12.6. The number of piperidine rings is 1. The molecular formula is C12H14F3N3O2. The molecule has 1 aromatic heterocycles. The molecule has 1 aliphatic rings. The Labute approximate surface area is 113 Å². The number of rotatable bonds is 2. The number of alkyl halides is 3. The maximum atomic E-state index is 12.6. The number of halogens is 3. The normalized spacial score (nSPS) is 23.7. The molecule has 0 spiro atoms. The summed E-state index contributed by atoms with van der Waals surface area (Å²) in [6.07, 6.45) is -2.78. The molecule has 0 aliphatic carbocycles. The van der Waals surface area contributed by atoms with E-state index >= 15 is 0 Å². The van der Waals surface area contributed by atoms with Crippen molar-refractivity contribution in [3.63, 3.8) is 0 Å². The second kappa shape index (κ2) is 4.93. The van der Waals surface area contributed by atoms with Crippen molar-refractivity contribution >= 4 is 11.7 Å². The minimum atomic E-state index is -4.46. The molecule has 1 aromatic rings. The Morgan fingerprint density at radius 2 is 2.20 bits per heavy atom. The highest BCUT2D eigenvalue weighted by atomic mass is 19.4. The lowest BCUT2D eigenvalue weighted by Gasteiger charge is -2.37. The Kier molecular flexibility index (Phi) is 3.59. The van der Waals surface area contributed by atoms with Gasteiger partial charge in [0.2, 0.25) is 0 Å². The van der Waals surface area contributed by atoms with Gasteiger partial charge in [0.05, 0.1) is 12.1 Å². The van der Waals surface area contributed by atoms with E-state index < -0.39 is 23.2 Å². The van der Waals surface area contributed by atoms with Gasteiger partial charge in [-0.25, -0.2) is 4.98 Å². The molecule has 1 aliphatic heterocycles. The van der Waals surface area contributed by atoms with Crippen LogP contribution in [-0.4, -0.2) is 34.7 Å². The molecule has 0 radical (unpaired) electrons. The fraction of sp³-hybridized carbons (Fsp3) is 0.500. The molecule has 0 saturated carbocycles. The molecule has 0 aromatic carbocycles. The van der Waals surface area contributed by atoms with Gasteiger partial charge in [0, 0.05) is 12.7 Å². The summed E-state index contributed by atoms with van der Waals surface area (Å²) in [6, 6.07) is 1.76. The Morgan fingerprint density at radius 3 is 2.80 bits per heavy atom. The van der Waals surface area contributed by atoms with Crippen LogP contribution in [0.2, 0.25) is 0 Å². The van der Waals surface area contributed by atoms with Crippen molar-refractivity contribution in [1.82, 2.24) is 4.98 Å². The van der Waals surface area contributed by atoms with Crippen LogP contribution < -0.4 is 10.6 Å². The van der Waals surface area contributed by atoms with Crippen LogP contribution in [-0.2, 0) is 11.0 Å². The predicted molar refractivity (Wildman–Crippen MR) is 64.8 cm³/mol. The number of β-amino-alcohol motifs (C(OH)–C–C–N with tert-alkyl or cyclic N) is 1. The van der Waals surface area contributed by atoms with Crippen molar-refractivity contribution in [2.45, 2.75) is 24.6 Å². The summed E-state index contributed by atoms with van der Waals surface area (Å²) in [7, 11) is 0. The Morgan fingerprint density at radius 1 is 1.50 bits per heavy atom. The summed E-state index contributed by atoms with van der Waals surface area (Å²) in [5.74, 6) is -0.812. The van der Waals surface area contributed by atoms with Gasteiger partial charge in [-0.3, -0.25) is 4.79 Å². The van der Waals surface area contributed by atoms with Gasteiger partial charge in [-0.05, 0) is 25.0 Å². The van der Waals surface area contributed by atoms with E-state index in [0.29, 0.717) is 13.0 Å². The molecule has 110 valence electrons. The third-order valence-corrected chi connectivity index (χ3v) is 3.33. The number of aliphatic hydroxyl groups is 1.